The Morgan fingerprint density at radius 3 is 2.44 bits per heavy atom. The van der Waals surface area contributed by atoms with Gasteiger partial charge in [0.05, 0.1) is 12.8 Å². The van der Waals surface area contributed by atoms with E-state index in [9.17, 15) is 14.7 Å². The van der Waals surface area contributed by atoms with E-state index in [1.54, 1.807) is 12.1 Å². The van der Waals surface area contributed by atoms with E-state index in [1.807, 2.05) is 43.3 Å². The van der Waals surface area contributed by atoms with E-state index in [1.165, 1.54) is 7.11 Å². The molecule has 2 rings (SSSR count). The Balaban J connectivity index is 0.00000312. The molecule has 0 bridgehead atoms. The molecule has 0 radical (unpaired) electrons. The number of amides is 1. The van der Waals surface area contributed by atoms with Gasteiger partial charge in [-0.3, -0.25) is 4.79 Å². The zero-order chi connectivity index (χ0) is 17.5. The maximum Gasteiger partial charge on any atom is 1.00 e. The Hall–Kier alpha value is -1.82. The number of carboxylic acids is 1. The third kappa shape index (κ3) is 6.53. The molecule has 0 aliphatic heterocycles. The Bertz CT molecular complexity index is 719. The quantitative estimate of drug-likeness (QED) is 0.647. The number of ether oxygens (including phenoxy) is 1. The summed E-state index contributed by atoms with van der Waals surface area (Å²) in [6, 6.07) is 14.6. The average molecular weight is 349 g/mol. The average Bonchev–Trinajstić information content (AvgIpc) is 2.56. The van der Waals surface area contributed by atoms with E-state index in [-0.39, 0.29) is 48.3 Å². The van der Waals surface area contributed by atoms with Crippen LogP contribution >= 0.6 is 0 Å². The molecule has 1 atom stereocenters. The number of benzene rings is 2. The van der Waals surface area contributed by atoms with Crippen molar-refractivity contribution in [3.8, 4) is 5.75 Å². The van der Waals surface area contributed by atoms with Crippen LogP contribution in [0.4, 0.5) is 5.69 Å². The summed E-state index contributed by atoms with van der Waals surface area (Å²) in [4.78, 5) is 23.6. The number of carbonyl (C=O) groups is 2. The molecule has 0 saturated carbocycles. The normalized spacial score (nSPS) is 11.1. The van der Waals surface area contributed by atoms with E-state index in [0.29, 0.717) is 11.4 Å². The van der Waals surface area contributed by atoms with Gasteiger partial charge in [0.25, 0.3) is 0 Å². The largest absolute Gasteiger partial charge is 1.00 e. The van der Waals surface area contributed by atoms with Crippen molar-refractivity contribution in [2.75, 3.05) is 12.4 Å². The molecule has 0 fully saturated rings. The molecule has 1 unspecified atom stereocenters. The monoisotopic (exact) mass is 349 g/mol. The summed E-state index contributed by atoms with van der Waals surface area (Å²) in [6.45, 7) is 1.92. The van der Waals surface area contributed by atoms with E-state index in [2.05, 4.69) is 5.32 Å². The molecule has 0 heterocycles. The maximum atomic E-state index is 12.2. The van der Waals surface area contributed by atoms with Crippen LogP contribution in [0.15, 0.2) is 48.5 Å². The molecular weight excluding hydrogens is 329 g/mol. The number of rotatable bonds is 7. The van der Waals surface area contributed by atoms with Crippen LogP contribution in [0.5, 0.6) is 5.75 Å². The van der Waals surface area contributed by atoms with Gasteiger partial charge >= 0.3 is 29.6 Å². The zero-order valence-corrected chi connectivity index (χ0v) is 16.7. The van der Waals surface area contributed by atoms with Crippen molar-refractivity contribution in [2.45, 2.75) is 19.8 Å². The molecule has 1 N–H and O–H groups in total. The molecule has 1 amide bonds. The summed E-state index contributed by atoms with van der Waals surface area (Å²) in [6.07, 6.45) is 0.0931. The molecule has 5 nitrogen and oxygen atoms in total. The second-order valence-corrected chi connectivity index (χ2v) is 5.66. The first kappa shape index (κ1) is 21.2. The van der Waals surface area contributed by atoms with Crippen molar-refractivity contribution >= 4 is 17.6 Å². The minimum Gasteiger partial charge on any atom is -0.550 e. The summed E-state index contributed by atoms with van der Waals surface area (Å²) in [7, 11) is 1.52. The SMILES string of the molecule is COc1cc(C)ccc1NC(=O)CC(Cc1ccccc1)C(=O)[O-].[Na+]. The second kappa shape index (κ2) is 10.2. The topological polar surface area (TPSA) is 78.5 Å². The molecule has 6 heteroatoms. The van der Waals surface area contributed by atoms with Gasteiger partial charge in [0.2, 0.25) is 5.91 Å². The van der Waals surface area contributed by atoms with Crippen LogP contribution in [-0.4, -0.2) is 19.0 Å². The third-order valence-electron chi connectivity index (χ3n) is 3.72. The van der Waals surface area contributed by atoms with E-state index in [4.69, 9.17) is 4.74 Å². The minimum atomic E-state index is -1.23. The molecule has 0 aliphatic carbocycles. The van der Waals surface area contributed by atoms with Crippen molar-refractivity contribution in [1.29, 1.82) is 0 Å². The molecule has 0 aromatic heterocycles. The molecule has 0 aliphatic rings. The number of aliphatic carboxylic acids is 1. The fraction of sp³-hybridized carbons (Fsp3) is 0.263. The van der Waals surface area contributed by atoms with Gasteiger partial charge in [-0.2, -0.15) is 0 Å². The van der Waals surface area contributed by atoms with Crippen LogP contribution in [0.1, 0.15) is 17.5 Å². The Labute approximate surface area is 169 Å². The number of hydrogen-bond acceptors (Lipinski definition) is 4. The van der Waals surface area contributed by atoms with Gasteiger partial charge < -0.3 is 20.0 Å². The number of nitrogens with one attached hydrogen (secondary N) is 1. The van der Waals surface area contributed by atoms with Crippen LogP contribution in [0, 0.1) is 12.8 Å². The van der Waals surface area contributed by atoms with Gasteiger partial charge in [0, 0.05) is 18.3 Å². The predicted octanol–water partition coefficient (Wildman–Crippen LogP) is -1.05. The fourth-order valence-corrected chi connectivity index (χ4v) is 2.46. The smallest absolute Gasteiger partial charge is 0.550 e. The molecule has 0 spiro atoms. The second-order valence-electron chi connectivity index (χ2n) is 5.66. The summed E-state index contributed by atoms with van der Waals surface area (Å²) in [5.74, 6) is -1.97. The maximum absolute atomic E-state index is 12.2. The van der Waals surface area contributed by atoms with Crippen molar-refractivity contribution in [1.82, 2.24) is 0 Å². The van der Waals surface area contributed by atoms with Crippen molar-refractivity contribution in [2.24, 2.45) is 5.92 Å². The predicted molar refractivity (Wildman–Crippen MR) is 89.6 cm³/mol. The first-order valence-electron chi connectivity index (χ1n) is 7.69. The van der Waals surface area contributed by atoms with Crippen molar-refractivity contribution in [3.05, 3.63) is 59.7 Å². The standard InChI is InChI=1S/C19H21NO4.Na/c1-13-8-9-16(17(10-13)24-2)20-18(21)12-15(19(22)23)11-14-6-4-3-5-7-14;/h3-10,15H,11-12H2,1-2H3,(H,20,21)(H,22,23);/q;+1/p-1. The molecule has 126 valence electrons. The van der Waals surface area contributed by atoms with Crippen LogP contribution in [0.3, 0.4) is 0 Å². The number of anilines is 1. The first-order chi connectivity index (χ1) is 11.5. The molecular formula is C19H20NNaO4. The molecule has 0 saturated heterocycles. The van der Waals surface area contributed by atoms with Crippen molar-refractivity contribution in [3.63, 3.8) is 0 Å². The summed E-state index contributed by atoms with van der Waals surface area (Å²) in [5.41, 5.74) is 2.37. The first-order valence-corrected chi connectivity index (χ1v) is 7.69. The molecule has 2 aromatic rings. The summed E-state index contributed by atoms with van der Waals surface area (Å²) in [5, 5.41) is 14.0. The van der Waals surface area contributed by atoms with Gasteiger partial charge in [-0.1, -0.05) is 36.4 Å². The Kier molecular flexibility index (Phi) is 8.69. The number of carbonyl (C=O) groups excluding carboxylic acids is 2. The zero-order valence-electron chi connectivity index (χ0n) is 14.7. The molecule has 25 heavy (non-hydrogen) atoms. The van der Waals surface area contributed by atoms with E-state index in [0.717, 1.165) is 11.1 Å². The number of aryl methyl sites for hydroxylation is 1. The van der Waals surface area contributed by atoms with Crippen LogP contribution < -0.4 is 44.7 Å². The number of hydrogen-bond donors (Lipinski definition) is 1. The van der Waals surface area contributed by atoms with Gasteiger partial charge in [-0.05, 0) is 36.6 Å². The van der Waals surface area contributed by atoms with E-state index < -0.39 is 11.9 Å². The van der Waals surface area contributed by atoms with E-state index >= 15 is 0 Å². The van der Waals surface area contributed by atoms with Crippen LogP contribution in [0.25, 0.3) is 0 Å². The number of carboxylic acid groups (broad SMARTS) is 1. The molecule has 2 aromatic carbocycles. The third-order valence-corrected chi connectivity index (χ3v) is 3.72. The van der Waals surface area contributed by atoms with Crippen molar-refractivity contribution < 1.29 is 49.0 Å². The summed E-state index contributed by atoms with van der Waals surface area (Å²) >= 11 is 0. The van der Waals surface area contributed by atoms with Gasteiger partial charge in [0.1, 0.15) is 5.75 Å². The minimum absolute atomic E-state index is 0. The van der Waals surface area contributed by atoms with Gasteiger partial charge in [-0.25, -0.2) is 0 Å². The Morgan fingerprint density at radius 2 is 1.84 bits per heavy atom. The summed E-state index contributed by atoms with van der Waals surface area (Å²) < 4.78 is 5.23. The van der Waals surface area contributed by atoms with Crippen LogP contribution in [-0.2, 0) is 16.0 Å². The Morgan fingerprint density at radius 1 is 1.16 bits per heavy atom. The van der Waals surface area contributed by atoms with Crippen LogP contribution in [0.2, 0.25) is 0 Å². The fourth-order valence-electron chi connectivity index (χ4n) is 2.46. The van der Waals surface area contributed by atoms with Gasteiger partial charge in [-0.15, -0.1) is 0 Å². The number of methoxy groups -OCH3 is 1. The van der Waals surface area contributed by atoms with Gasteiger partial charge in [0.15, 0.2) is 0 Å².